The number of rotatable bonds is 4. The summed E-state index contributed by atoms with van der Waals surface area (Å²) in [6.07, 6.45) is -5.23. The van der Waals surface area contributed by atoms with Crippen molar-refractivity contribution < 1.29 is 22.7 Å². The average molecular weight is 288 g/mol. The van der Waals surface area contributed by atoms with E-state index in [1.165, 1.54) is 6.07 Å². The number of nitrogens with one attached hydrogen (secondary N) is 2. The molecule has 1 aromatic carbocycles. The molecule has 7 heteroatoms. The van der Waals surface area contributed by atoms with Crippen LogP contribution in [0.25, 0.3) is 0 Å². The molecule has 0 aliphatic carbocycles. The van der Waals surface area contributed by atoms with Gasteiger partial charge in [-0.2, -0.15) is 13.2 Å². The predicted molar refractivity (Wildman–Crippen MR) is 67.7 cm³/mol. The number of carbonyl (C=O) groups is 1. The Bertz CT molecular complexity index is 503. The van der Waals surface area contributed by atoms with Gasteiger partial charge in [0.15, 0.2) is 6.61 Å². The number of halogens is 3. The zero-order chi connectivity index (χ0) is 14.8. The first-order valence-electron chi connectivity index (χ1n) is 6.26. The minimum Gasteiger partial charge on any atom is -0.482 e. The molecule has 1 aliphatic heterocycles. The minimum absolute atomic E-state index is 0.0778. The highest BCUT2D eigenvalue weighted by molar-refractivity contribution is 5.95. The number of hydrogen-bond acceptors (Lipinski definition) is 3. The molecular formula is C13H15F3N2O2. The highest BCUT2D eigenvalue weighted by atomic mass is 19.4. The van der Waals surface area contributed by atoms with Gasteiger partial charge in [-0.3, -0.25) is 4.79 Å². The van der Waals surface area contributed by atoms with Crippen LogP contribution in [0.4, 0.5) is 18.9 Å². The van der Waals surface area contributed by atoms with Gasteiger partial charge in [-0.05, 0) is 24.2 Å². The van der Waals surface area contributed by atoms with Crippen molar-refractivity contribution in [3.8, 4) is 5.75 Å². The lowest BCUT2D eigenvalue weighted by Crippen LogP contribution is -2.28. The smallest absolute Gasteiger partial charge is 0.390 e. The van der Waals surface area contributed by atoms with Gasteiger partial charge in [-0.25, -0.2) is 0 Å². The van der Waals surface area contributed by atoms with Gasteiger partial charge in [-0.1, -0.05) is 13.0 Å². The van der Waals surface area contributed by atoms with Crippen molar-refractivity contribution in [2.75, 3.05) is 18.5 Å². The molecular weight excluding hydrogens is 273 g/mol. The van der Waals surface area contributed by atoms with Gasteiger partial charge in [0.05, 0.1) is 12.1 Å². The van der Waals surface area contributed by atoms with E-state index in [4.69, 9.17) is 4.74 Å². The number of amides is 1. The summed E-state index contributed by atoms with van der Waals surface area (Å²) in [6.45, 7) is 2.08. The van der Waals surface area contributed by atoms with Crippen LogP contribution in [0, 0.1) is 0 Å². The first-order valence-corrected chi connectivity index (χ1v) is 6.26. The number of alkyl halides is 3. The predicted octanol–water partition coefficient (Wildman–Crippen LogP) is 2.62. The maximum absolute atomic E-state index is 12.6. The Morgan fingerprint density at radius 1 is 1.45 bits per heavy atom. The Balaban J connectivity index is 2.25. The molecule has 0 saturated heterocycles. The van der Waals surface area contributed by atoms with E-state index in [1.807, 2.05) is 0 Å². The maximum Gasteiger partial charge on any atom is 0.390 e. The molecule has 1 aromatic rings. The third-order valence-electron chi connectivity index (χ3n) is 2.92. The first-order chi connectivity index (χ1) is 9.39. The maximum atomic E-state index is 12.6. The van der Waals surface area contributed by atoms with Crippen LogP contribution in [0.15, 0.2) is 18.2 Å². The molecule has 1 heterocycles. The van der Waals surface area contributed by atoms with E-state index in [2.05, 4.69) is 10.6 Å². The largest absolute Gasteiger partial charge is 0.482 e. The highest BCUT2D eigenvalue weighted by Crippen LogP contribution is 2.34. The van der Waals surface area contributed by atoms with Gasteiger partial charge >= 0.3 is 6.18 Å². The van der Waals surface area contributed by atoms with Crippen molar-refractivity contribution in [3.05, 3.63) is 23.8 Å². The van der Waals surface area contributed by atoms with Crippen LogP contribution < -0.4 is 15.4 Å². The molecule has 1 amide bonds. The number of benzene rings is 1. The fraction of sp³-hybridized carbons (Fsp3) is 0.462. The van der Waals surface area contributed by atoms with Crippen LogP contribution in [0.2, 0.25) is 0 Å². The van der Waals surface area contributed by atoms with Crippen LogP contribution in [0.3, 0.4) is 0 Å². The summed E-state index contributed by atoms with van der Waals surface area (Å²) in [5.41, 5.74) is 0.873. The lowest BCUT2D eigenvalue weighted by molar-refractivity contribution is -0.140. The topological polar surface area (TPSA) is 50.4 Å². The Kier molecular flexibility index (Phi) is 4.17. The number of anilines is 1. The molecule has 0 spiro atoms. The zero-order valence-electron chi connectivity index (χ0n) is 10.9. The Morgan fingerprint density at radius 2 is 2.20 bits per heavy atom. The molecule has 1 atom stereocenters. The second-order valence-corrected chi connectivity index (χ2v) is 4.52. The molecule has 1 aliphatic rings. The molecule has 2 rings (SSSR count). The molecule has 0 bridgehead atoms. The fourth-order valence-corrected chi connectivity index (χ4v) is 2.10. The average Bonchev–Trinajstić information content (AvgIpc) is 2.36. The molecule has 110 valence electrons. The summed E-state index contributed by atoms with van der Waals surface area (Å²) in [6, 6.07) is 3.83. The van der Waals surface area contributed by atoms with Crippen molar-refractivity contribution in [3.63, 3.8) is 0 Å². The second kappa shape index (κ2) is 5.70. The van der Waals surface area contributed by atoms with Gasteiger partial charge < -0.3 is 15.4 Å². The van der Waals surface area contributed by atoms with E-state index in [0.717, 1.165) is 0 Å². The lowest BCUT2D eigenvalue weighted by atomic mass is 10.0. The minimum atomic E-state index is -4.26. The molecule has 1 unspecified atom stereocenters. The first kappa shape index (κ1) is 14.6. The molecule has 4 nitrogen and oxygen atoms in total. The van der Waals surface area contributed by atoms with Crippen LogP contribution in [0.5, 0.6) is 5.75 Å². The van der Waals surface area contributed by atoms with Crippen molar-refractivity contribution >= 4 is 11.6 Å². The monoisotopic (exact) mass is 288 g/mol. The Hall–Kier alpha value is -1.76. The summed E-state index contributed by atoms with van der Waals surface area (Å²) in [4.78, 5) is 11.2. The van der Waals surface area contributed by atoms with E-state index >= 15 is 0 Å². The molecule has 0 saturated carbocycles. The van der Waals surface area contributed by atoms with Crippen LogP contribution in [-0.4, -0.2) is 25.2 Å². The van der Waals surface area contributed by atoms with E-state index in [1.54, 1.807) is 19.1 Å². The third-order valence-corrected chi connectivity index (χ3v) is 2.92. The number of fused-ring (bicyclic) bond motifs is 1. The van der Waals surface area contributed by atoms with Gasteiger partial charge in [0.1, 0.15) is 5.75 Å². The fourth-order valence-electron chi connectivity index (χ4n) is 2.10. The number of carbonyl (C=O) groups excluding carboxylic acids is 1. The van der Waals surface area contributed by atoms with Gasteiger partial charge in [0.25, 0.3) is 5.91 Å². The quantitative estimate of drug-likeness (QED) is 0.895. The Labute approximate surface area is 114 Å². The van der Waals surface area contributed by atoms with Crippen molar-refractivity contribution in [1.29, 1.82) is 0 Å². The normalized spacial score (nSPS) is 16.1. The summed E-state index contributed by atoms with van der Waals surface area (Å²) in [5, 5.41) is 5.39. The standard InChI is InChI=1S/C13H15F3N2O2/c1-2-17-10(6-13(14,15)16)8-3-4-11-9(5-8)18-12(19)7-20-11/h3-5,10,17H,2,6-7H2,1H3,(H,18,19). The summed E-state index contributed by atoms with van der Waals surface area (Å²) in [7, 11) is 0. The number of ether oxygens (including phenoxy) is 1. The highest BCUT2D eigenvalue weighted by Gasteiger charge is 2.32. The van der Waals surface area contributed by atoms with Crippen LogP contribution >= 0.6 is 0 Å². The second-order valence-electron chi connectivity index (χ2n) is 4.52. The summed E-state index contributed by atoms with van der Waals surface area (Å²) >= 11 is 0. The van der Waals surface area contributed by atoms with E-state index in [-0.39, 0.29) is 12.5 Å². The van der Waals surface area contributed by atoms with Gasteiger partial charge in [0.2, 0.25) is 0 Å². The van der Waals surface area contributed by atoms with E-state index in [0.29, 0.717) is 23.5 Å². The van der Waals surface area contributed by atoms with Crippen LogP contribution in [-0.2, 0) is 4.79 Å². The number of hydrogen-bond donors (Lipinski definition) is 2. The van der Waals surface area contributed by atoms with Crippen molar-refractivity contribution in [2.45, 2.75) is 25.6 Å². The van der Waals surface area contributed by atoms with E-state index in [9.17, 15) is 18.0 Å². The SMILES string of the molecule is CCNC(CC(F)(F)F)c1ccc2c(c1)NC(=O)CO2. The van der Waals surface area contributed by atoms with Crippen LogP contribution in [0.1, 0.15) is 24.9 Å². The van der Waals surface area contributed by atoms with E-state index < -0.39 is 18.6 Å². The Morgan fingerprint density at radius 3 is 2.85 bits per heavy atom. The summed E-state index contributed by atoms with van der Waals surface area (Å²) < 4.78 is 42.9. The molecule has 0 fully saturated rings. The van der Waals surface area contributed by atoms with Gasteiger partial charge in [-0.15, -0.1) is 0 Å². The van der Waals surface area contributed by atoms with Crippen molar-refractivity contribution in [1.82, 2.24) is 5.32 Å². The van der Waals surface area contributed by atoms with Crippen molar-refractivity contribution in [2.24, 2.45) is 0 Å². The van der Waals surface area contributed by atoms with Gasteiger partial charge in [0, 0.05) is 6.04 Å². The molecule has 0 radical (unpaired) electrons. The third kappa shape index (κ3) is 3.63. The molecule has 20 heavy (non-hydrogen) atoms. The molecule has 0 aromatic heterocycles. The summed E-state index contributed by atoms with van der Waals surface area (Å²) in [5.74, 6) is 0.154. The zero-order valence-corrected chi connectivity index (χ0v) is 10.9. The molecule has 2 N–H and O–H groups in total. The lowest BCUT2D eigenvalue weighted by Gasteiger charge is -2.23.